The Morgan fingerprint density at radius 3 is 2.00 bits per heavy atom. The summed E-state index contributed by atoms with van der Waals surface area (Å²) < 4.78 is 0. The summed E-state index contributed by atoms with van der Waals surface area (Å²) >= 11 is 0. The molecule has 0 radical (unpaired) electrons. The van der Waals surface area contributed by atoms with E-state index in [1.807, 2.05) is 4.90 Å². The number of hydrogen-bond donors (Lipinski definition) is 1. The summed E-state index contributed by atoms with van der Waals surface area (Å²) in [5, 5.41) is 9.15. The zero-order valence-electron chi connectivity index (χ0n) is 10.0. The minimum absolute atomic E-state index is 0.112. The summed E-state index contributed by atoms with van der Waals surface area (Å²) in [6.07, 6.45) is 6.05. The Labute approximate surface area is 101 Å². The number of carboxylic acid groups (broad SMARTS) is 1. The van der Waals surface area contributed by atoms with Crippen molar-refractivity contribution in [1.82, 2.24) is 4.90 Å². The van der Waals surface area contributed by atoms with Gasteiger partial charge in [0.2, 0.25) is 5.91 Å². The Morgan fingerprint density at radius 1 is 1.06 bits per heavy atom. The van der Waals surface area contributed by atoms with E-state index in [2.05, 4.69) is 0 Å². The van der Waals surface area contributed by atoms with Crippen molar-refractivity contribution in [3.8, 4) is 0 Å². The number of fused-ring (bicyclic) bond motifs is 1. The van der Waals surface area contributed by atoms with E-state index in [0.717, 1.165) is 13.1 Å². The van der Waals surface area contributed by atoms with Crippen LogP contribution in [0, 0.1) is 17.3 Å². The lowest BCUT2D eigenvalue weighted by Crippen LogP contribution is -2.39. The SMILES string of the molecule is O=C(O)C1(C(=O)N2CC3CCCCC3C2)CC1. The third-order valence-electron chi connectivity index (χ3n) is 4.83. The van der Waals surface area contributed by atoms with Crippen molar-refractivity contribution in [3.05, 3.63) is 0 Å². The van der Waals surface area contributed by atoms with Gasteiger partial charge in [0.25, 0.3) is 0 Å². The molecule has 3 rings (SSSR count). The molecule has 3 fully saturated rings. The number of carbonyl (C=O) groups is 2. The van der Waals surface area contributed by atoms with Gasteiger partial charge in [-0.1, -0.05) is 12.8 Å². The van der Waals surface area contributed by atoms with Crippen molar-refractivity contribution in [2.45, 2.75) is 38.5 Å². The smallest absolute Gasteiger partial charge is 0.319 e. The maximum absolute atomic E-state index is 12.3. The van der Waals surface area contributed by atoms with E-state index in [0.29, 0.717) is 24.7 Å². The Hall–Kier alpha value is -1.06. The van der Waals surface area contributed by atoms with E-state index in [-0.39, 0.29) is 5.91 Å². The Balaban J connectivity index is 1.70. The molecular weight excluding hydrogens is 218 g/mol. The van der Waals surface area contributed by atoms with Gasteiger partial charge in [0.1, 0.15) is 5.41 Å². The molecule has 94 valence electrons. The van der Waals surface area contributed by atoms with Crippen LogP contribution in [0.4, 0.5) is 0 Å². The van der Waals surface area contributed by atoms with Crippen LogP contribution >= 0.6 is 0 Å². The highest BCUT2D eigenvalue weighted by molar-refractivity contribution is 6.04. The van der Waals surface area contributed by atoms with E-state index in [1.165, 1.54) is 25.7 Å². The summed E-state index contributed by atoms with van der Waals surface area (Å²) in [5.41, 5.74) is -1.03. The fraction of sp³-hybridized carbons (Fsp3) is 0.846. The summed E-state index contributed by atoms with van der Waals surface area (Å²) in [6.45, 7) is 1.61. The molecule has 0 aromatic heterocycles. The third kappa shape index (κ3) is 1.65. The van der Waals surface area contributed by atoms with Gasteiger partial charge in [-0.25, -0.2) is 0 Å². The molecule has 4 heteroatoms. The molecule has 17 heavy (non-hydrogen) atoms. The minimum atomic E-state index is -1.03. The van der Waals surface area contributed by atoms with Crippen LogP contribution in [0.25, 0.3) is 0 Å². The third-order valence-corrected chi connectivity index (χ3v) is 4.83. The monoisotopic (exact) mass is 237 g/mol. The van der Waals surface area contributed by atoms with Crippen LogP contribution in [0.15, 0.2) is 0 Å². The number of likely N-dealkylation sites (tertiary alicyclic amines) is 1. The molecular formula is C13H19NO3. The molecule has 1 amide bonds. The van der Waals surface area contributed by atoms with Crippen LogP contribution in [0.1, 0.15) is 38.5 Å². The Morgan fingerprint density at radius 2 is 1.59 bits per heavy atom. The molecule has 1 N–H and O–H groups in total. The first kappa shape index (κ1) is 11.1. The molecule has 1 heterocycles. The van der Waals surface area contributed by atoms with Crippen LogP contribution in [-0.4, -0.2) is 35.0 Å². The minimum Gasteiger partial charge on any atom is -0.480 e. The fourth-order valence-electron chi connectivity index (χ4n) is 3.52. The fourth-order valence-corrected chi connectivity index (χ4v) is 3.52. The zero-order valence-corrected chi connectivity index (χ0v) is 10.0. The summed E-state index contributed by atoms with van der Waals surface area (Å²) in [5.74, 6) is 0.242. The predicted molar refractivity (Wildman–Crippen MR) is 61.3 cm³/mol. The van der Waals surface area contributed by atoms with Gasteiger partial charge in [0.15, 0.2) is 0 Å². The second-order valence-electron chi connectivity index (χ2n) is 5.90. The summed E-state index contributed by atoms with van der Waals surface area (Å²) in [7, 11) is 0. The van der Waals surface area contributed by atoms with E-state index >= 15 is 0 Å². The van der Waals surface area contributed by atoms with Crippen LogP contribution in [-0.2, 0) is 9.59 Å². The van der Waals surface area contributed by atoms with Crippen LogP contribution in [0.3, 0.4) is 0 Å². The van der Waals surface area contributed by atoms with Gasteiger partial charge in [-0.3, -0.25) is 9.59 Å². The van der Waals surface area contributed by atoms with Gasteiger partial charge in [0, 0.05) is 13.1 Å². The normalized spacial score (nSPS) is 34.2. The molecule has 4 nitrogen and oxygen atoms in total. The van der Waals surface area contributed by atoms with Gasteiger partial charge in [-0.2, -0.15) is 0 Å². The molecule has 2 unspecified atom stereocenters. The molecule has 0 aromatic carbocycles. The van der Waals surface area contributed by atoms with Crippen molar-refractivity contribution >= 4 is 11.9 Å². The lowest BCUT2D eigenvalue weighted by atomic mass is 9.82. The molecule has 3 aliphatic rings. The topological polar surface area (TPSA) is 57.6 Å². The van der Waals surface area contributed by atoms with E-state index in [9.17, 15) is 9.59 Å². The number of nitrogens with zero attached hydrogens (tertiary/aromatic N) is 1. The van der Waals surface area contributed by atoms with Crippen molar-refractivity contribution < 1.29 is 14.7 Å². The first-order valence-corrected chi connectivity index (χ1v) is 6.66. The lowest BCUT2D eigenvalue weighted by molar-refractivity contribution is -0.153. The number of aliphatic carboxylic acids is 1. The number of rotatable bonds is 2. The van der Waals surface area contributed by atoms with Crippen molar-refractivity contribution in [2.75, 3.05) is 13.1 Å². The quantitative estimate of drug-likeness (QED) is 0.740. The maximum Gasteiger partial charge on any atom is 0.319 e. The summed E-state index contributed by atoms with van der Waals surface area (Å²) in [6, 6.07) is 0. The van der Waals surface area contributed by atoms with Crippen molar-refractivity contribution in [3.63, 3.8) is 0 Å². The first-order valence-electron chi connectivity index (χ1n) is 6.66. The Kier molecular flexibility index (Phi) is 2.42. The second kappa shape index (κ2) is 3.72. The van der Waals surface area contributed by atoms with Crippen molar-refractivity contribution in [1.29, 1.82) is 0 Å². The molecule has 1 saturated heterocycles. The highest BCUT2D eigenvalue weighted by Gasteiger charge is 2.59. The van der Waals surface area contributed by atoms with E-state index < -0.39 is 11.4 Å². The molecule has 1 aliphatic heterocycles. The number of amides is 1. The van der Waals surface area contributed by atoms with Gasteiger partial charge in [-0.05, 0) is 37.5 Å². The van der Waals surface area contributed by atoms with Crippen molar-refractivity contribution in [2.24, 2.45) is 17.3 Å². The number of hydrogen-bond acceptors (Lipinski definition) is 2. The van der Waals surface area contributed by atoms with Gasteiger partial charge < -0.3 is 10.0 Å². The highest BCUT2D eigenvalue weighted by Crippen LogP contribution is 2.49. The lowest BCUT2D eigenvalue weighted by Gasteiger charge is -2.22. The van der Waals surface area contributed by atoms with Gasteiger partial charge in [-0.15, -0.1) is 0 Å². The Bertz CT molecular complexity index is 348. The molecule has 2 atom stereocenters. The van der Waals surface area contributed by atoms with Crippen LogP contribution in [0.2, 0.25) is 0 Å². The molecule has 0 bridgehead atoms. The average molecular weight is 237 g/mol. The highest BCUT2D eigenvalue weighted by atomic mass is 16.4. The molecule has 0 spiro atoms. The van der Waals surface area contributed by atoms with Crippen LogP contribution < -0.4 is 0 Å². The zero-order chi connectivity index (χ0) is 12.0. The summed E-state index contributed by atoms with van der Waals surface area (Å²) in [4.78, 5) is 25.2. The molecule has 2 aliphatic carbocycles. The first-order chi connectivity index (χ1) is 8.13. The number of carbonyl (C=O) groups excluding carboxylic acids is 1. The molecule has 2 saturated carbocycles. The average Bonchev–Trinajstić information content (AvgIpc) is 3.02. The standard InChI is InChI=1S/C13H19NO3/c15-11(13(5-6-13)12(16)17)14-7-9-3-1-2-4-10(9)8-14/h9-10H,1-8H2,(H,16,17). The second-order valence-corrected chi connectivity index (χ2v) is 5.90. The number of carboxylic acids is 1. The van der Waals surface area contributed by atoms with Gasteiger partial charge >= 0.3 is 5.97 Å². The largest absolute Gasteiger partial charge is 0.480 e. The van der Waals surface area contributed by atoms with E-state index in [4.69, 9.17) is 5.11 Å². The predicted octanol–water partition coefficient (Wildman–Crippen LogP) is 1.50. The molecule has 0 aromatic rings. The van der Waals surface area contributed by atoms with Gasteiger partial charge in [0.05, 0.1) is 0 Å². The van der Waals surface area contributed by atoms with E-state index in [1.54, 1.807) is 0 Å². The van der Waals surface area contributed by atoms with Crippen LogP contribution in [0.5, 0.6) is 0 Å². The maximum atomic E-state index is 12.3.